The Labute approximate surface area is 182 Å². The van der Waals surface area contributed by atoms with Crippen molar-refractivity contribution in [1.29, 1.82) is 0 Å². The predicted molar refractivity (Wildman–Crippen MR) is 119 cm³/mol. The zero-order chi connectivity index (χ0) is 19.8. The van der Waals surface area contributed by atoms with E-state index in [1.807, 2.05) is 65.7 Å². The summed E-state index contributed by atoms with van der Waals surface area (Å²) in [4.78, 5) is 15.5. The first-order valence-electron chi connectivity index (χ1n) is 10.0. The van der Waals surface area contributed by atoms with Crippen LogP contribution in [0.3, 0.4) is 0 Å². The molecule has 0 radical (unpaired) electrons. The van der Waals surface area contributed by atoms with Crippen LogP contribution >= 0.6 is 12.4 Å². The van der Waals surface area contributed by atoms with Gasteiger partial charge in [0.1, 0.15) is 11.4 Å². The highest BCUT2D eigenvalue weighted by Gasteiger charge is 2.39. The average Bonchev–Trinajstić information content (AvgIpc) is 3.49. The lowest BCUT2D eigenvalue weighted by Gasteiger charge is -2.17. The quantitative estimate of drug-likeness (QED) is 0.698. The van der Waals surface area contributed by atoms with E-state index >= 15 is 0 Å². The van der Waals surface area contributed by atoms with Crippen molar-refractivity contribution >= 4 is 18.3 Å². The Kier molecular flexibility index (Phi) is 5.79. The van der Waals surface area contributed by atoms with E-state index in [0.717, 1.165) is 43.2 Å². The van der Waals surface area contributed by atoms with Crippen LogP contribution in [0.5, 0.6) is 5.75 Å². The van der Waals surface area contributed by atoms with Crippen LogP contribution in [0, 0.1) is 11.8 Å². The fraction of sp³-hybridized carbons (Fsp3) is 0.304. The van der Waals surface area contributed by atoms with Gasteiger partial charge in [-0.05, 0) is 48.2 Å². The second-order valence-electron chi connectivity index (χ2n) is 7.79. The Bertz CT molecular complexity index is 1010. The van der Waals surface area contributed by atoms with E-state index in [-0.39, 0.29) is 18.3 Å². The van der Waals surface area contributed by atoms with Crippen LogP contribution in [0.2, 0.25) is 0 Å². The van der Waals surface area contributed by atoms with Gasteiger partial charge in [0, 0.05) is 37.9 Å². The zero-order valence-corrected chi connectivity index (χ0v) is 17.6. The minimum absolute atomic E-state index is 0. The summed E-state index contributed by atoms with van der Waals surface area (Å²) in [6, 6.07) is 17.6. The minimum Gasteiger partial charge on any atom is -0.497 e. The van der Waals surface area contributed by atoms with Crippen molar-refractivity contribution in [3.63, 3.8) is 0 Å². The molecule has 2 atom stereocenters. The van der Waals surface area contributed by atoms with Crippen molar-refractivity contribution in [2.75, 3.05) is 33.3 Å². The number of carbonyl (C=O) groups excluding carboxylic acids is 1. The maximum absolute atomic E-state index is 13.5. The highest BCUT2D eigenvalue weighted by atomic mass is 35.5. The van der Waals surface area contributed by atoms with Crippen LogP contribution in [0.25, 0.3) is 16.9 Å². The van der Waals surface area contributed by atoms with Crippen molar-refractivity contribution in [3.8, 4) is 22.7 Å². The highest BCUT2D eigenvalue weighted by Crippen LogP contribution is 2.31. The lowest BCUT2D eigenvalue weighted by atomic mass is 10.0. The lowest BCUT2D eigenvalue weighted by Crippen LogP contribution is -2.32. The first kappa shape index (κ1) is 20.4. The Morgan fingerprint density at radius 3 is 2.33 bits per heavy atom. The highest BCUT2D eigenvalue weighted by molar-refractivity contribution is 6.00. The second-order valence-corrected chi connectivity index (χ2v) is 7.79. The molecule has 0 saturated carbocycles. The molecule has 1 aromatic heterocycles. The van der Waals surface area contributed by atoms with Crippen molar-refractivity contribution in [3.05, 3.63) is 66.4 Å². The number of nitrogens with zero attached hydrogens (tertiary/aromatic N) is 3. The van der Waals surface area contributed by atoms with E-state index < -0.39 is 0 Å². The molecule has 2 aliphatic rings. The number of carbonyl (C=O) groups is 1. The molecule has 0 unspecified atom stereocenters. The maximum Gasteiger partial charge on any atom is 0.257 e. The maximum atomic E-state index is 13.5. The van der Waals surface area contributed by atoms with Crippen LogP contribution in [-0.2, 0) is 0 Å². The summed E-state index contributed by atoms with van der Waals surface area (Å²) in [7, 11) is 1.65. The van der Waals surface area contributed by atoms with E-state index in [1.165, 1.54) is 0 Å². The summed E-state index contributed by atoms with van der Waals surface area (Å²) in [6.45, 7) is 3.64. The summed E-state index contributed by atoms with van der Waals surface area (Å²) >= 11 is 0. The molecular formula is C23H25ClN4O2. The van der Waals surface area contributed by atoms with Gasteiger partial charge in [-0.3, -0.25) is 4.79 Å². The minimum atomic E-state index is 0. The number of hydrogen-bond acceptors (Lipinski definition) is 4. The van der Waals surface area contributed by atoms with Crippen molar-refractivity contribution in [1.82, 2.24) is 20.0 Å². The zero-order valence-electron chi connectivity index (χ0n) is 16.8. The number of methoxy groups -OCH3 is 1. The fourth-order valence-electron chi connectivity index (χ4n) is 4.40. The summed E-state index contributed by atoms with van der Waals surface area (Å²) in [5, 5.41) is 8.22. The molecule has 1 amide bonds. The van der Waals surface area contributed by atoms with Crippen molar-refractivity contribution in [2.24, 2.45) is 11.8 Å². The Hall–Kier alpha value is -2.83. The number of aromatic nitrogens is 2. The number of nitrogens with one attached hydrogen (secondary N) is 1. The molecule has 2 fully saturated rings. The van der Waals surface area contributed by atoms with E-state index in [0.29, 0.717) is 23.1 Å². The van der Waals surface area contributed by atoms with Gasteiger partial charge in [-0.2, -0.15) is 5.10 Å². The molecule has 0 spiro atoms. The largest absolute Gasteiger partial charge is 0.497 e. The van der Waals surface area contributed by atoms with Gasteiger partial charge >= 0.3 is 0 Å². The number of halogens is 1. The third-order valence-corrected chi connectivity index (χ3v) is 6.01. The molecule has 3 heterocycles. The monoisotopic (exact) mass is 424 g/mol. The molecule has 7 heteroatoms. The molecule has 156 valence electrons. The van der Waals surface area contributed by atoms with Gasteiger partial charge in [-0.1, -0.05) is 18.2 Å². The van der Waals surface area contributed by atoms with Crippen molar-refractivity contribution < 1.29 is 9.53 Å². The van der Waals surface area contributed by atoms with Crippen molar-refractivity contribution in [2.45, 2.75) is 0 Å². The number of fused-ring (bicyclic) bond motifs is 1. The van der Waals surface area contributed by atoms with E-state index in [9.17, 15) is 4.79 Å². The standard InChI is InChI=1S/C23H24N4O2.ClH/c1-29-20-9-7-16(8-10-20)22-21(15-27(25-22)19-5-3-2-4-6-19)23(28)26-13-17-11-24-12-18(17)14-26;/h2-10,15,17-18,24H,11-14H2,1H3;1H/t17-,18+;. The summed E-state index contributed by atoms with van der Waals surface area (Å²) in [5.41, 5.74) is 3.19. The topological polar surface area (TPSA) is 59.4 Å². The van der Waals surface area contributed by atoms with Gasteiger partial charge in [0.2, 0.25) is 0 Å². The Morgan fingerprint density at radius 2 is 1.70 bits per heavy atom. The summed E-state index contributed by atoms with van der Waals surface area (Å²) < 4.78 is 7.07. The number of benzene rings is 2. The number of amides is 1. The van der Waals surface area contributed by atoms with Gasteiger partial charge in [0.25, 0.3) is 5.91 Å². The van der Waals surface area contributed by atoms with Crippen LogP contribution in [-0.4, -0.2) is 53.9 Å². The van der Waals surface area contributed by atoms with Gasteiger partial charge in [-0.15, -0.1) is 12.4 Å². The SMILES string of the molecule is COc1ccc(-c2nn(-c3ccccc3)cc2C(=O)N2C[C@H]3CNC[C@H]3C2)cc1.Cl. The molecule has 5 rings (SSSR count). The number of likely N-dealkylation sites (tertiary alicyclic amines) is 1. The third-order valence-electron chi connectivity index (χ3n) is 6.01. The molecule has 2 aliphatic heterocycles. The fourth-order valence-corrected chi connectivity index (χ4v) is 4.40. The number of para-hydroxylation sites is 1. The van der Waals surface area contributed by atoms with E-state index in [1.54, 1.807) is 11.8 Å². The Balaban J connectivity index is 0.00000218. The number of rotatable bonds is 4. The molecule has 6 nitrogen and oxygen atoms in total. The number of hydrogen-bond donors (Lipinski definition) is 1. The van der Waals surface area contributed by atoms with Crippen LogP contribution in [0.4, 0.5) is 0 Å². The first-order chi connectivity index (χ1) is 14.2. The number of ether oxygens (including phenoxy) is 1. The predicted octanol–water partition coefficient (Wildman–Crippen LogP) is 3.26. The molecule has 3 aromatic rings. The molecule has 30 heavy (non-hydrogen) atoms. The second kappa shape index (κ2) is 8.50. The van der Waals surface area contributed by atoms with Gasteiger partial charge < -0.3 is 15.0 Å². The molecular weight excluding hydrogens is 400 g/mol. The Morgan fingerprint density at radius 1 is 1.03 bits per heavy atom. The summed E-state index contributed by atoms with van der Waals surface area (Å²) in [6.07, 6.45) is 1.86. The van der Waals surface area contributed by atoms with Crippen LogP contribution in [0.1, 0.15) is 10.4 Å². The first-order valence-corrected chi connectivity index (χ1v) is 10.0. The molecule has 0 aliphatic carbocycles. The van der Waals surface area contributed by atoms with Gasteiger partial charge in [-0.25, -0.2) is 4.68 Å². The smallest absolute Gasteiger partial charge is 0.257 e. The average molecular weight is 425 g/mol. The molecule has 2 saturated heterocycles. The molecule has 0 bridgehead atoms. The van der Waals surface area contributed by atoms with Crippen LogP contribution < -0.4 is 10.1 Å². The normalized spacial score (nSPS) is 20.0. The third kappa shape index (κ3) is 3.68. The van der Waals surface area contributed by atoms with Gasteiger partial charge in [0.05, 0.1) is 18.4 Å². The van der Waals surface area contributed by atoms with Crippen LogP contribution in [0.15, 0.2) is 60.8 Å². The van der Waals surface area contributed by atoms with E-state index in [4.69, 9.17) is 9.84 Å². The summed E-state index contributed by atoms with van der Waals surface area (Å²) in [5.74, 6) is 1.97. The molecule has 1 N–H and O–H groups in total. The molecule has 2 aromatic carbocycles. The van der Waals surface area contributed by atoms with Gasteiger partial charge in [0.15, 0.2) is 0 Å². The lowest BCUT2D eigenvalue weighted by molar-refractivity contribution is 0.0782. The van der Waals surface area contributed by atoms with E-state index in [2.05, 4.69) is 5.32 Å².